The lowest BCUT2D eigenvalue weighted by molar-refractivity contribution is -0.117. The summed E-state index contributed by atoms with van der Waals surface area (Å²) in [6.45, 7) is 2.89. The molecule has 1 aliphatic carbocycles. The molecular formula is C19H24N4O. The summed E-state index contributed by atoms with van der Waals surface area (Å²) < 4.78 is 1.77. The first-order valence-electron chi connectivity index (χ1n) is 8.63. The van der Waals surface area contributed by atoms with Crippen LogP contribution in [0, 0.1) is 5.92 Å². The predicted molar refractivity (Wildman–Crippen MR) is 94.2 cm³/mol. The molecule has 1 fully saturated rings. The number of hydrogen-bond donors (Lipinski definition) is 1. The third-order valence-corrected chi connectivity index (χ3v) is 4.59. The molecule has 0 bridgehead atoms. The van der Waals surface area contributed by atoms with Gasteiger partial charge in [-0.2, -0.15) is 0 Å². The van der Waals surface area contributed by atoms with Gasteiger partial charge in [0.25, 0.3) is 0 Å². The van der Waals surface area contributed by atoms with Gasteiger partial charge >= 0.3 is 0 Å². The number of carbonyl (C=O) groups is 1. The Morgan fingerprint density at radius 1 is 1.29 bits per heavy atom. The summed E-state index contributed by atoms with van der Waals surface area (Å²) in [5.74, 6) is 0.509. The first-order chi connectivity index (χ1) is 11.7. The normalized spacial score (nSPS) is 21.0. The lowest BCUT2D eigenvalue weighted by Gasteiger charge is -2.29. The molecule has 1 aromatic heterocycles. The van der Waals surface area contributed by atoms with E-state index in [1.165, 1.54) is 24.8 Å². The topological polar surface area (TPSA) is 59.8 Å². The van der Waals surface area contributed by atoms with Gasteiger partial charge in [-0.3, -0.25) is 4.79 Å². The second kappa shape index (κ2) is 7.90. The fourth-order valence-electron chi connectivity index (χ4n) is 3.16. The van der Waals surface area contributed by atoms with Crippen LogP contribution in [0.25, 0.3) is 6.08 Å². The van der Waals surface area contributed by atoms with Crippen molar-refractivity contribution < 1.29 is 4.79 Å². The summed E-state index contributed by atoms with van der Waals surface area (Å²) in [4.78, 5) is 12.1. The van der Waals surface area contributed by atoms with Gasteiger partial charge in [0.1, 0.15) is 5.69 Å². The number of aromatic nitrogens is 3. The maximum atomic E-state index is 12.1. The van der Waals surface area contributed by atoms with Crippen molar-refractivity contribution in [3.05, 3.63) is 53.9 Å². The van der Waals surface area contributed by atoms with Gasteiger partial charge in [0, 0.05) is 12.1 Å². The molecule has 5 heteroatoms. The van der Waals surface area contributed by atoms with Crippen LogP contribution in [-0.4, -0.2) is 26.9 Å². The van der Waals surface area contributed by atoms with E-state index in [-0.39, 0.29) is 5.91 Å². The van der Waals surface area contributed by atoms with Crippen molar-refractivity contribution in [3.63, 3.8) is 0 Å². The molecule has 2 atom stereocenters. The zero-order chi connectivity index (χ0) is 16.8. The monoisotopic (exact) mass is 324 g/mol. The number of nitrogens with one attached hydrogen (secondary N) is 1. The number of hydrogen-bond acceptors (Lipinski definition) is 3. The van der Waals surface area contributed by atoms with E-state index in [1.807, 2.05) is 24.4 Å². The van der Waals surface area contributed by atoms with E-state index in [4.69, 9.17) is 0 Å². The van der Waals surface area contributed by atoms with E-state index in [0.29, 0.717) is 24.2 Å². The van der Waals surface area contributed by atoms with Crippen LogP contribution in [0.15, 0.2) is 42.6 Å². The molecule has 1 saturated carbocycles. The molecule has 3 rings (SSSR count). The van der Waals surface area contributed by atoms with Crippen LogP contribution in [0.4, 0.5) is 0 Å². The Hall–Kier alpha value is -2.43. The first-order valence-corrected chi connectivity index (χ1v) is 8.63. The Balaban J connectivity index is 1.53. The standard InChI is InChI=1S/C19H24N4O/c1-15-7-5-6-10-18(15)20-19(24)12-11-17-14-23(22-21-17)13-16-8-3-2-4-9-16/h2-4,8-9,11-12,14-15,18H,5-7,10,13H2,1H3,(H,20,24)/b12-11+. The van der Waals surface area contributed by atoms with Crippen molar-refractivity contribution in [2.75, 3.05) is 0 Å². The van der Waals surface area contributed by atoms with Crippen molar-refractivity contribution in [2.45, 2.75) is 45.2 Å². The molecule has 0 aliphatic heterocycles. The van der Waals surface area contributed by atoms with Gasteiger partial charge in [0.2, 0.25) is 5.91 Å². The second-order valence-corrected chi connectivity index (χ2v) is 6.54. The molecule has 0 radical (unpaired) electrons. The third kappa shape index (κ3) is 4.54. The SMILES string of the molecule is CC1CCCCC1NC(=O)/C=C/c1cn(Cc2ccccc2)nn1. The Kier molecular flexibility index (Phi) is 5.41. The largest absolute Gasteiger partial charge is 0.350 e. The van der Waals surface area contributed by atoms with Crippen LogP contribution in [0.2, 0.25) is 0 Å². The predicted octanol–water partition coefficient (Wildman–Crippen LogP) is 3.03. The van der Waals surface area contributed by atoms with Crippen molar-refractivity contribution in [1.82, 2.24) is 20.3 Å². The molecule has 5 nitrogen and oxygen atoms in total. The van der Waals surface area contributed by atoms with Crippen molar-refractivity contribution in [2.24, 2.45) is 5.92 Å². The van der Waals surface area contributed by atoms with E-state index in [9.17, 15) is 4.79 Å². The zero-order valence-corrected chi connectivity index (χ0v) is 14.1. The van der Waals surface area contributed by atoms with E-state index in [0.717, 1.165) is 6.42 Å². The van der Waals surface area contributed by atoms with Gasteiger partial charge in [0.05, 0.1) is 12.7 Å². The number of nitrogens with zero attached hydrogens (tertiary/aromatic N) is 3. The lowest BCUT2D eigenvalue weighted by Crippen LogP contribution is -2.40. The van der Waals surface area contributed by atoms with E-state index in [1.54, 1.807) is 16.8 Å². The van der Waals surface area contributed by atoms with E-state index in [2.05, 4.69) is 34.7 Å². The molecular weight excluding hydrogens is 300 g/mol. The first kappa shape index (κ1) is 16.4. The fraction of sp³-hybridized carbons (Fsp3) is 0.421. The molecule has 126 valence electrons. The zero-order valence-electron chi connectivity index (χ0n) is 14.1. The minimum Gasteiger partial charge on any atom is -0.350 e. The highest BCUT2D eigenvalue weighted by Crippen LogP contribution is 2.23. The molecule has 2 unspecified atom stereocenters. The molecule has 1 N–H and O–H groups in total. The summed E-state index contributed by atoms with van der Waals surface area (Å²) in [6, 6.07) is 10.4. The van der Waals surface area contributed by atoms with Crippen LogP contribution in [-0.2, 0) is 11.3 Å². The van der Waals surface area contributed by atoms with E-state index < -0.39 is 0 Å². The maximum absolute atomic E-state index is 12.1. The quantitative estimate of drug-likeness (QED) is 0.860. The van der Waals surface area contributed by atoms with Crippen LogP contribution in [0.3, 0.4) is 0 Å². The minimum absolute atomic E-state index is 0.0497. The number of carbonyl (C=O) groups excluding carboxylic acids is 1. The van der Waals surface area contributed by atoms with Gasteiger partial charge in [-0.25, -0.2) is 4.68 Å². The average molecular weight is 324 g/mol. The second-order valence-electron chi connectivity index (χ2n) is 6.54. The summed E-state index contributed by atoms with van der Waals surface area (Å²) in [7, 11) is 0. The Labute approximate surface area is 142 Å². The third-order valence-electron chi connectivity index (χ3n) is 4.59. The van der Waals surface area contributed by atoms with Gasteiger partial charge in [-0.1, -0.05) is 55.3 Å². The van der Waals surface area contributed by atoms with E-state index >= 15 is 0 Å². The number of benzene rings is 1. The number of amides is 1. The highest BCUT2D eigenvalue weighted by Gasteiger charge is 2.21. The fourth-order valence-corrected chi connectivity index (χ4v) is 3.16. The van der Waals surface area contributed by atoms with Crippen LogP contribution in [0.5, 0.6) is 0 Å². The average Bonchev–Trinajstić information content (AvgIpc) is 3.03. The van der Waals surface area contributed by atoms with Gasteiger partial charge in [-0.15, -0.1) is 5.10 Å². The smallest absolute Gasteiger partial charge is 0.244 e. The van der Waals surface area contributed by atoms with Crippen molar-refractivity contribution in [3.8, 4) is 0 Å². The Morgan fingerprint density at radius 2 is 2.08 bits per heavy atom. The van der Waals surface area contributed by atoms with Gasteiger partial charge < -0.3 is 5.32 Å². The van der Waals surface area contributed by atoms with Gasteiger partial charge in [0.15, 0.2) is 0 Å². The highest BCUT2D eigenvalue weighted by molar-refractivity contribution is 5.91. The highest BCUT2D eigenvalue weighted by atomic mass is 16.1. The summed E-state index contributed by atoms with van der Waals surface area (Å²) in [5.41, 5.74) is 1.86. The maximum Gasteiger partial charge on any atom is 0.244 e. The molecule has 0 saturated heterocycles. The molecule has 1 amide bonds. The molecule has 1 aliphatic rings. The van der Waals surface area contributed by atoms with Gasteiger partial charge in [-0.05, 0) is 30.4 Å². The Morgan fingerprint density at radius 3 is 2.88 bits per heavy atom. The summed E-state index contributed by atoms with van der Waals surface area (Å²) in [5, 5.41) is 11.3. The summed E-state index contributed by atoms with van der Waals surface area (Å²) in [6.07, 6.45) is 9.87. The molecule has 2 aromatic rings. The number of rotatable bonds is 5. The minimum atomic E-state index is -0.0497. The van der Waals surface area contributed by atoms with Crippen molar-refractivity contribution >= 4 is 12.0 Å². The van der Waals surface area contributed by atoms with Crippen LogP contribution < -0.4 is 5.32 Å². The van der Waals surface area contributed by atoms with Crippen molar-refractivity contribution in [1.29, 1.82) is 0 Å². The van der Waals surface area contributed by atoms with Crippen LogP contribution in [0.1, 0.15) is 43.9 Å². The molecule has 1 heterocycles. The molecule has 0 spiro atoms. The lowest BCUT2D eigenvalue weighted by atomic mass is 9.86. The summed E-state index contributed by atoms with van der Waals surface area (Å²) >= 11 is 0. The molecule has 1 aromatic carbocycles. The molecule has 24 heavy (non-hydrogen) atoms. The van der Waals surface area contributed by atoms with Crippen LogP contribution >= 0.6 is 0 Å². The Bertz CT molecular complexity index is 692.